The Kier molecular flexibility index (Phi) is 2.26. The zero-order valence-corrected chi connectivity index (χ0v) is 7.81. The van der Waals surface area contributed by atoms with Crippen LogP contribution in [0.2, 0.25) is 0 Å². The van der Waals surface area contributed by atoms with Crippen LogP contribution in [0.4, 0.5) is 0 Å². The summed E-state index contributed by atoms with van der Waals surface area (Å²) in [5, 5.41) is 6.19. The van der Waals surface area contributed by atoms with Gasteiger partial charge in [-0.25, -0.2) is 0 Å². The van der Waals surface area contributed by atoms with Gasteiger partial charge in [0, 0.05) is 6.54 Å². The quantitative estimate of drug-likeness (QED) is 0.537. The van der Waals surface area contributed by atoms with Crippen molar-refractivity contribution in [1.29, 1.82) is 0 Å². The SMILES string of the molecule is NC1(C(=O)NCC2CCNC2)CC1. The van der Waals surface area contributed by atoms with Crippen molar-refractivity contribution < 1.29 is 4.79 Å². The molecule has 1 atom stereocenters. The van der Waals surface area contributed by atoms with Crippen molar-refractivity contribution in [3.8, 4) is 0 Å². The molecule has 1 unspecified atom stereocenters. The lowest BCUT2D eigenvalue weighted by atomic mass is 10.1. The highest BCUT2D eigenvalue weighted by molar-refractivity contribution is 5.88. The normalized spacial score (nSPS) is 30.1. The molecule has 1 saturated carbocycles. The van der Waals surface area contributed by atoms with Crippen molar-refractivity contribution in [2.45, 2.75) is 24.8 Å². The minimum Gasteiger partial charge on any atom is -0.354 e. The molecule has 4 N–H and O–H groups in total. The zero-order valence-electron chi connectivity index (χ0n) is 7.81. The van der Waals surface area contributed by atoms with Gasteiger partial charge >= 0.3 is 0 Å². The van der Waals surface area contributed by atoms with Gasteiger partial charge in [0.1, 0.15) is 0 Å². The van der Waals surface area contributed by atoms with Gasteiger partial charge in [0.15, 0.2) is 0 Å². The molecule has 13 heavy (non-hydrogen) atoms. The first-order valence-electron chi connectivity index (χ1n) is 4.99. The summed E-state index contributed by atoms with van der Waals surface area (Å²) in [7, 11) is 0. The monoisotopic (exact) mass is 183 g/mol. The van der Waals surface area contributed by atoms with Gasteiger partial charge in [0.2, 0.25) is 5.91 Å². The van der Waals surface area contributed by atoms with E-state index < -0.39 is 5.54 Å². The van der Waals surface area contributed by atoms with E-state index in [9.17, 15) is 4.79 Å². The lowest BCUT2D eigenvalue weighted by molar-refractivity contribution is -0.123. The molecular weight excluding hydrogens is 166 g/mol. The molecule has 0 radical (unpaired) electrons. The van der Waals surface area contributed by atoms with Crippen LogP contribution in [0.1, 0.15) is 19.3 Å². The highest BCUT2D eigenvalue weighted by Gasteiger charge is 2.45. The van der Waals surface area contributed by atoms with E-state index in [-0.39, 0.29) is 5.91 Å². The Bertz CT molecular complexity index is 207. The Labute approximate surface area is 78.2 Å². The Balaban J connectivity index is 1.69. The molecule has 1 heterocycles. The zero-order chi connectivity index (χ0) is 9.31. The molecular formula is C9H17N3O. The molecule has 0 bridgehead atoms. The number of nitrogens with two attached hydrogens (primary N) is 1. The molecule has 0 spiro atoms. The average Bonchev–Trinajstić information content (AvgIpc) is 2.70. The smallest absolute Gasteiger partial charge is 0.240 e. The third kappa shape index (κ3) is 2.00. The van der Waals surface area contributed by atoms with Crippen LogP contribution < -0.4 is 16.4 Å². The van der Waals surface area contributed by atoms with Crippen molar-refractivity contribution in [3.05, 3.63) is 0 Å². The van der Waals surface area contributed by atoms with E-state index in [1.807, 2.05) is 0 Å². The van der Waals surface area contributed by atoms with Crippen molar-refractivity contribution >= 4 is 5.91 Å². The van der Waals surface area contributed by atoms with Crippen LogP contribution in [0, 0.1) is 5.92 Å². The van der Waals surface area contributed by atoms with Gasteiger partial charge in [-0.3, -0.25) is 4.79 Å². The Hall–Kier alpha value is -0.610. The summed E-state index contributed by atoms with van der Waals surface area (Å²) in [5.74, 6) is 0.644. The van der Waals surface area contributed by atoms with E-state index in [1.165, 1.54) is 0 Å². The number of hydrogen-bond acceptors (Lipinski definition) is 3. The third-order valence-corrected chi connectivity index (χ3v) is 2.95. The molecule has 2 rings (SSSR count). The summed E-state index contributed by atoms with van der Waals surface area (Å²) < 4.78 is 0. The van der Waals surface area contributed by atoms with E-state index in [4.69, 9.17) is 5.73 Å². The number of carbonyl (C=O) groups is 1. The maximum absolute atomic E-state index is 11.4. The summed E-state index contributed by atoms with van der Waals surface area (Å²) in [6.07, 6.45) is 2.86. The number of rotatable bonds is 3. The first-order valence-corrected chi connectivity index (χ1v) is 4.99. The van der Waals surface area contributed by atoms with Crippen LogP contribution in [0.3, 0.4) is 0 Å². The molecule has 0 aromatic heterocycles. The van der Waals surface area contributed by atoms with Crippen LogP contribution in [-0.4, -0.2) is 31.1 Å². The van der Waals surface area contributed by atoms with Crippen LogP contribution >= 0.6 is 0 Å². The predicted molar refractivity (Wildman–Crippen MR) is 50.1 cm³/mol. The largest absolute Gasteiger partial charge is 0.354 e. The van der Waals surface area contributed by atoms with E-state index >= 15 is 0 Å². The topological polar surface area (TPSA) is 67.2 Å². The molecule has 2 aliphatic rings. The fraction of sp³-hybridized carbons (Fsp3) is 0.889. The molecule has 0 aromatic carbocycles. The summed E-state index contributed by atoms with van der Waals surface area (Å²) >= 11 is 0. The number of nitrogens with one attached hydrogen (secondary N) is 2. The van der Waals surface area contributed by atoms with Gasteiger partial charge < -0.3 is 16.4 Å². The summed E-state index contributed by atoms with van der Waals surface area (Å²) in [4.78, 5) is 11.4. The van der Waals surface area contributed by atoms with Crippen molar-refractivity contribution in [2.24, 2.45) is 11.7 Å². The first-order chi connectivity index (χ1) is 6.21. The van der Waals surface area contributed by atoms with E-state index in [0.717, 1.165) is 38.9 Å². The Morgan fingerprint density at radius 1 is 1.62 bits per heavy atom. The summed E-state index contributed by atoms with van der Waals surface area (Å²) in [6.45, 7) is 2.89. The second kappa shape index (κ2) is 3.27. The van der Waals surface area contributed by atoms with Crippen molar-refractivity contribution in [3.63, 3.8) is 0 Å². The average molecular weight is 183 g/mol. The molecule has 4 heteroatoms. The summed E-state index contributed by atoms with van der Waals surface area (Å²) in [6, 6.07) is 0. The minimum atomic E-state index is -0.508. The highest BCUT2D eigenvalue weighted by Crippen LogP contribution is 2.32. The Morgan fingerprint density at radius 3 is 2.92 bits per heavy atom. The number of carbonyl (C=O) groups excluding carboxylic acids is 1. The minimum absolute atomic E-state index is 0.0411. The van der Waals surface area contributed by atoms with Crippen LogP contribution in [0.15, 0.2) is 0 Å². The second-order valence-electron chi connectivity index (χ2n) is 4.22. The molecule has 2 fully saturated rings. The predicted octanol–water partition coefficient (Wildman–Crippen LogP) is -0.797. The third-order valence-electron chi connectivity index (χ3n) is 2.95. The van der Waals surface area contributed by atoms with Gasteiger partial charge in [-0.15, -0.1) is 0 Å². The molecule has 1 saturated heterocycles. The van der Waals surface area contributed by atoms with Crippen LogP contribution in [0.25, 0.3) is 0 Å². The van der Waals surface area contributed by atoms with Gasteiger partial charge in [-0.2, -0.15) is 0 Å². The number of hydrogen-bond donors (Lipinski definition) is 3. The maximum atomic E-state index is 11.4. The van der Waals surface area contributed by atoms with E-state index in [0.29, 0.717) is 5.92 Å². The van der Waals surface area contributed by atoms with Crippen molar-refractivity contribution in [1.82, 2.24) is 10.6 Å². The van der Waals surface area contributed by atoms with E-state index in [2.05, 4.69) is 10.6 Å². The maximum Gasteiger partial charge on any atom is 0.240 e. The van der Waals surface area contributed by atoms with Crippen molar-refractivity contribution in [2.75, 3.05) is 19.6 Å². The molecule has 74 valence electrons. The van der Waals surface area contributed by atoms with Crippen LogP contribution in [-0.2, 0) is 4.79 Å². The molecule has 0 aromatic rings. The van der Waals surface area contributed by atoms with Gasteiger partial charge in [-0.1, -0.05) is 0 Å². The van der Waals surface area contributed by atoms with Gasteiger partial charge in [0.25, 0.3) is 0 Å². The fourth-order valence-electron chi connectivity index (χ4n) is 1.66. The molecule has 1 amide bonds. The fourth-order valence-corrected chi connectivity index (χ4v) is 1.66. The van der Waals surface area contributed by atoms with E-state index in [1.54, 1.807) is 0 Å². The summed E-state index contributed by atoms with van der Waals surface area (Å²) in [5.41, 5.74) is 5.24. The lowest BCUT2D eigenvalue weighted by Gasteiger charge is -2.13. The molecule has 4 nitrogen and oxygen atoms in total. The standard InChI is InChI=1S/C9H17N3O/c10-9(2-3-9)8(13)12-6-7-1-4-11-5-7/h7,11H,1-6,10H2,(H,12,13). The molecule has 1 aliphatic carbocycles. The van der Waals surface area contributed by atoms with Gasteiger partial charge in [0.05, 0.1) is 5.54 Å². The number of amides is 1. The Morgan fingerprint density at radius 2 is 2.38 bits per heavy atom. The van der Waals surface area contributed by atoms with Crippen LogP contribution in [0.5, 0.6) is 0 Å². The highest BCUT2D eigenvalue weighted by atomic mass is 16.2. The molecule has 1 aliphatic heterocycles. The van der Waals surface area contributed by atoms with Gasteiger partial charge in [-0.05, 0) is 38.3 Å². The lowest BCUT2D eigenvalue weighted by Crippen LogP contribution is -2.44. The second-order valence-corrected chi connectivity index (χ2v) is 4.22. The first kappa shape index (κ1) is 8.97.